The molecule has 0 spiro atoms. The minimum atomic E-state index is -0.758. The second-order valence-corrected chi connectivity index (χ2v) is 7.36. The Kier molecular flexibility index (Phi) is 4.75. The van der Waals surface area contributed by atoms with Crippen LogP contribution in [0.2, 0.25) is 10.0 Å². The Morgan fingerprint density at radius 3 is 2.96 bits per heavy atom. The molecule has 3 atom stereocenters. The zero-order chi connectivity index (χ0) is 18.4. The minimum Gasteiger partial charge on any atom is -0.343 e. The van der Waals surface area contributed by atoms with Crippen molar-refractivity contribution in [2.24, 2.45) is 0 Å². The summed E-state index contributed by atoms with van der Waals surface area (Å²) >= 11 is 18.0. The van der Waals surface area contributed by atoms with Crippen LogP contribution in [0.4, 0.5) is 0 Å². The average molecular weight is 412 g/mol. The molecule has 0 saturated carbocycles. The first-order valence-corrected chi connectivity index (χ1v) is 9.21. The number of allylic oxidation sites excluding steroid dienone is 1. The van der Waals surface area contributed by atoms with Gasteiger partial charge in [-0.3, -0.25) is 9.36 Å². The highest BCUT2D eigenvalue weighted by Crippen LogP contribution is 2.35. The Hall–Kier alpha value is -1.51. The van der Waals surface area contributed by atoms with Crippen LogP contribution in [0, 0.1) is 4.77 Å². The van der Waals surface area contributed by atoms with Crippen LogP contribution in [0.3, 0.4) is 0 Å². The maximum atomic E-state index is 12.1. The van der Waals surface area contributed by atoms with Crippen molar-refractivity contribution in [1.29, 1.82) is 0 Å². The molecule has 1 aromatic heterocycles. The van der Waals surface area contributed by atoms with Crippen LogP contribution in [0.5, 0.6) is 0 Å². The number of carbonyl (C=O) groups is 1. The number of ketones is 1. The number of halogens is 2. The van der Waals surface area contributed by atoms with Gasteiger partial charge in [-0.25, -0.2) is 4.68 Å². The number of hydrogen-bond donors (Lipinski definition) is 0. The van der Waals surface area contributed by atoms with Crippen molar-refractivity contribution in [3.8, 4) is 11.4 Å². The molecule has 2 aromatic rings. The fraction of sp³-hybridized carbons (Fsp3) is 0.353. The van der Waals surface area contributed by atoms with Crippen molar-refractivity contribution in [1.82, 2.24) is 14.3 Å². The summed E-state index contributed by atoms with van der Waals surface area (Å²) in [6.07, 6.45) is 0.977. The van der Waals surface area contributed by atoms with E-state index in [2.05, 4.69) is 11.7 Å². The van der Waals surface area contributed by atoms with Crippen LogP contribution in [0.25, 0.3) is 11.4 Å². The largest absolute Gasteiger partial charge is 0.343 e. The van der Waals surface area contributed by atoms with Crippen LogP contribution < -0.4 is 0 Å². The topological polar surface area (TPSA) is 58.3 Å². The number of ether oxygens (including phenoxy) is 2. The number of rotatable bonds is 4. The van der Waals surface area contributed by atoms with Gasteiger partial charge in [0.25, 0.3) is 0 Å². The van der Waals surface area contributed by atoms with E-state index in [1.54, 1.807) is 29.0 Å². The minimum absolute atomic E-state index is 0.102. The van der Waals surface area contributed by atoms with E-state index in [-0.39, 0.29) is 24.3 Å². The lowest BCUT2D eigenvalue weighted by molar-refractivity contribution is -0.156. The number of hydrogen-bond acceptors (Lipinski definition) is 5. The quantitative estimate of drug-likeness (QED) is 0.565. The monoisotopic (exact) mass is 411 g/mol. The number of Topliss-reactive ketones (excluding diaryl/α,β-unsaturated/α-hetero) is 1. The standard InChI is InChI=1S/C17H15Cl2N3O3S/c1-2-5-21-15(10-4-3-9(18)6-11(10)19)20-22(17(21)26)12-7-13(23)16-24-8-14(12)25-16/h2-4,6,12,14,16H,1,5,7-8H2/t12-,14-,16-/m1/s1. The number of nitrogens with zero attached hydrogens (tertiary/aromatic N) is 3. The second-order valence-electron chi connectivity index (χ2n) is 6.15. The summed E-state index contributed by atoms with van der Waals surface area (Å²) in [4.78, 5) is 12.1. The van der Waals surface area contributed by atoms with Gasteiger partial charge in [0.2, 0.25) is 6.29 Å². The Labute approximate surface area is 164 Å². The highest BCUT2D eigenvalue weighted by Gasteiger charge is 2.45. The maximum Gasteiger partial charge on any atom is 0.218 e. The zero-order valence-electron chi connectivity index (χ0n) is 13.6. The van der Waals surface area contributed by atoms with Crippen molar-refractivity contribution < 1.29 is 14.3 Å². The van der Waals surface area contributed by atoms with Gasteiger partial charge >= 0.3 is 0 Å². The lowest BCUT2D eigenvalue weighted by Crippen LogP contribution is -2.37. The normalized spacial score (nSPS) is 24.8. The van der Waals surface area contributed by atoms with E-state index in [1.165, 1.54) is 0 Å². The van der Waals surface area contributed by atoms with E-state index in [9.17, 15) is 4.79 Å². The predicted molar refractivity (Wildman–Crippen MR) is 100.0 cm³/mol. The summed E-state index contributed by atoms with van der Waals surface area (Å²) in [5.74, 6) is 0.486. The molecule has 9 heteroatoms. The van der Waals surface area contributed by atoms with Gasteiger partial charge in [-0.15, -0.1) is 6.58 Å². The van der Waals surface area contributed by atoms with Crippen molar-refractivity contribution in [2.75, 3.05) is 6.61 Å². The zero-order valence-corrected chi connectivity index (χ0v) is 15.9. The first-order valence-electron chi connectivity index (χ1n) is 8.05. The van der Waals surface area contributed by atoms with Gasteiger partial charge in [0.15, 0.2) is 16.4 Å². The fourth-order valence-electron chi connectivity index (χ4n) is 3.26. The average Bonchev–Trinajstić information content (AvgIpc) is 3.16. The molecule has 6 nitrogen and oxygen atoms in total. The third-order valence-electron chi connectivity index (χ3n) is 4.50. The van der Waals surface area contributed by atoms with Crippen LogP contribution in [0.1, 0.15) is 12.5 Å². The van der Waals surface area contributed by atoms with Crippen molar-refractivity contribution in [3.05, 3.63) is 45.7 Å². The Morgan fingerprint density at radius 1 is 1.42 bits per heavy atom. The number of carbonyl (C=O) groups excluding carboxylic acids is 1. The molecule has 2 bridgehead atoms. The molecule has 3 heterocycles. The summed E-state index contributed by atoms with van der Waals surface area (Å²) in [5.41, 5.74) is 0.700. The summed E-state index contributed by atoms with van der Waals surface area (Å²) in [6, 6.07) is 4.88. The van der Waals surface area contributed by atoms with E-state index >= 15 is 0 Å². The molecular weight excluding hydrogens is 397 g/mol. The Balaban J connectivity index is 1.83. The van der Waals surface area contributed by atoms with Crippen LogP contribution in [0.15, 0.2) is 30.9 Å². The highest BCUT2D eigenvalue weighted by atomic mass is 35.5. The first kappa shape index (κ1) is 17.9. The first-order chi connectivity index (χ1) is 12.5. The molecule has 2 aliphatic heterocycles. The van der Waals surface area contributed by atoms with Gasteiger partial charge in [0.05, 0.1) is 17.7 Å². The van der Waals surface area contributed by atoms with Crippen LogP contribution >= 0.6 is 35.4 Å². The summed E-state index contributed by atoms with van der Waals surface area (Å²) in [6.45, 7) is 4.58. The molecule has 4 rings (SSSR count). The van der Waals surface area contributed by atoms with Gasteiger partial charge in [0, 0.05) is 23.6 Å². The predicted octanol–water partition coefficient (Wildman–Crippen LogP) is 3.83. The van der Waals surface area contributed by atoms with Crippen molar-refractivity contribution in [2.45, 2.75) is 31.4 Å². The smallest absolute Gasteiger partial charge is 0.218 e. The summed E-state index contributed by atoms with van der Waals surface area (Å²) in [5, 5.41) is 5.68. The van der Waals surface area contributed by atoms with Gasteiger partial charge in [-0.2, -0.15) is 5.10 Å². The molecule has 0 unspecified atom stereocenters. The second kappa shape index (κ2) is 6.90. The lowest BCUT2D eigenvalue weighted by atomic mass is 10.0. The van der Waals surface area contributed by atoms with Gasteiger partial charge in [-0.1, -0.05) is 29.3 Å². The third kappa shape index (κ3) is 2.93. The fourth-order valence-corrected chi connectivity index (χ4v) is 4.09. The molecule has 26 heavy (non-hydrogen) atoms. The van der Waals surface area contributed by atoms with E-state index in [4.69, 9.17) is 44.9 Å². The van der Waals surface area contributed by atoms with Crippen LogP contribution in [-0.4, -0.2) is 39.1 Å². The molecule has 1 aromatic carbocycles. The van der Waals surface area contributed by atoms with Crippen molar-refractivity contribution >= 4 is 41.2 Å². The Morgan fingerprint density at radius 2 is 2.23 bits per heavy atom. The summed E-state index contributed by atoms with van der Waals surface area (Å²) in [7, 11) is 0. The maximum absolute atomic E-state index is 12.1. The van der Waals surface area contributed by atoms with E-state index < -0.39 is 6.29 Å². The molecule has 0 N–H and O–H groups in total. The molecule has 2 fully saturated rings. The van der Waals surface area contributed by atoms with Crippen molar-refractivity contribution in [3.63, 3.8) is 0 Å². The molecule has 0 aliphatic carbocycles. The van der Waals surface area contributed by atoms with E-state index in [0.717, 1.165) is 0 Å². The molecule has 136 valence electrons. The third-order valence-corrected chi connectivity index (χ3v) is 5.45. The summed E-state index contributed by atoms with van der Waals surface area (Å²) < 4.78 is 15.0. The highest BCUT2D eigenvalue weighted by molar-refractivity contribution is 7.71. The van der Waals surface area contributed by atoms with Gasteiger partial charge in [-0.05, 0) is 30.4 Å². The molecule has 2 saturated heterocycles. The molecule has 2 aliphatic rings. The molecular formula is C17H15Cl2N3O3S. The van der Waals surface area contributed by atoms with Gasteiger partial charge in [0.1, 0.15) is 6.10 Å². The SMILES string of the molecule is C=CCn1c(-c2ccc(Cl)cc2Cl)nn([C@@H]2CC(=O)[C@@H]3OC[C@H]2O3)c1=S. The molecule has 0 amide bonds. The van der Waals surface area contributed by atoms with E-state index in [0.29, 0.717) is 39.4 Å². The molecule has 0 radical (unpaired) electrons. The number of aromatic nitrogens is 3. The lowest BCUT2D eigenvalue weighted by Gasteiger charge is -2.26. The van der Waals surface area contributed by atoms with Crippen LogP contribution in [-0.2, 0) is 20.8 Å². The number of benzene rings is 1. The number of fused-ring (bicyclic) bond motifs is 2. The Bertz CT molecular complexity index is 955. The van der Waals surface area contributed by atoms with Gasteiger partial charge < -0.3 is 9.47 Å². The van der Waals surface area contributed by atoms with E-state index in [1.807, 2.05) is 4.57 Å².